The summed E-state index contributed by atoms with van der Waals surface area (Å²) in [5, 5.41) is 4.61. The quantitative estimate of drug-likeness (QED) is 0.401. The van der Waals surface area contributed by atoms with E-state index in [-0.39, 0.29) is 36.2 Å². The number of hydrogen-bond donors (Lipinski definition) is 1. The summed E-state index contributed by atoms with van der Waals surface area (Å²) < 4.78 is 11.8. The molecule has 1 aromatic carbocycles. The molecule has 7 heteroatoms. The molecule has 2 saturated heterocycles. The number of hydrogen-bond acceptors (Lipinski definition) is 4. The first-order valence-corrected chi connectivity index (χ1v) is 9.94. The van der Waals surface area contributed by atoms with Crippen LogP contribution in [0.2, 0.25) is 0 Å². The van der Waals surface area contributed by atoms with Crippen LogP contribution in [-0.4, -0.2) is 60.9 Å². The molecule has 2 aromatic rings. The maximum absolute atomic E-state index is 5.98. The lowest BCUT2D eigenvalue weighted by molar-refractivity contribution is -0.0817. The molecule has 4 rings (SSSR count). The van der Waals surface area contributed by atoms with Crippen LogP contribution in [0.1, 0.15) is 25.3 Å². The second kappa shape index (κ2) is 10.4. The summed E-state index contributed by atoms with van der Waals surface area (Å²) in [6.45, 7) is 6.83. The Morgan fingerprint density at radius 3 is 2.89 bits per heavy atom. The molecule has 2 atom stereocenters. The monoisotopic (exact) mass is 496 g/mol. The van der Waals surface area contributed by atoms with E-state index in [4.69, 9.17) is 14.5 Å². The van der Waals surface area contributed by atoms with E-state index >= 15 is 0 Å². The molecule has 1 aromatic heterocycles. The fourth-order valence-corrected chi connectivity index (χ4v) is 3.87. The molecule has 1 N–H and O–H groups in total. The lowest BCUT2D eigenvalue weighted by Crippen LogP contribution is -2.53. The van der Waals surface area contributed by atoms with Crippen LogP contribution in [0.3, 0.4) is 0 Å². The Balaban J connectivity index is 0.00000225. The number of aliphatic imine (C=N–C) groups is 1. The zero-order valence-corrected chi connectivity index (χ0v) is 18.7. The zero-order chi connectivity index (χ0) is 18.5. The minimum Gasteiger partial charge on any atom is -0.375 e. The number of halogens is 1. The van der Waals surface area contributed by atoms with Crippen LogP contribution in [-0.2, 0) is 16.0 Å². The number of ether oxygens (including phenoxy) is 2. The Morgan fingerprint density at radius 2 is 2.07 bits per heavy atom. The fraction of sp³-hybridized carbons (Fsp3) is 0.524. The highest BCUT2D eigenvalue weighted by Gasteiger charge is 2.32. The van der Waals surface area contributed by atoms with Crippen LogP contribution < -0.4 is 5.32 Å². The number of nitrogens with one attached hydrogen (secondary N) is 1. The fourth-order valence-electron chi connectivity index (χ4n) is 3.87. The van der Waals surface area contributed by atoms with Gasteiger partial charge >= 0.3 is 0 Å². The van der Waals surface area contributed by atoms with Gasteiger partial charge in [0.25, 0.3) is 0 Å². The molecule has 28 heavy (non-hydrogen) atoms. The third-order valence-corrected chi connectivity index (χ3v) is 5.25. The van der Waals surface area contributed by atoms with Crippen molar-refractivity contribution in [2.75, 3.05) is 32.8 Å². The molecule has 0 radical (unpaired) electrons. The van der Waals surface area contributed by atoms with Gasteiger partial charge in [-0.15, -0.1) is 24.0 Å². The molecule has 0 spiro atoms. The number of morpholine rings is 1. The number of benzene rings is 1. The number of aromatic nitrogens is 1. The van der Waals surface area contributed by atoms with E-state index in [1.807, 2.05) is 18.3 Å². The average Bonchev–Trinajstić information content (AvgIpc) is 3.26. The summed E-state index contributed by atoms with van der Waals surface area (Å²) in [6, 6.07) is 10.3. The van der Waals surface area contributed by atoms with Crippen LogP contribution in [0.25, 0.3) is 10.9 Å². The Labute approximate surface area is 183 Å². The first-order chi connectivity index (χ1) is 13.3. The summed E-state index contributed by atoms with van der Waals surface area (Å²) in [6.07, 6.45) is 4.44. The number of para-hydroxylation sites is 1. The van der Waals surface area contributed by atoms with E-state index < -0.39 is 0 Å². The van der Waals surface area contributed by atoms with Crippen molar-refractivity contribution in [1.82, 2.24) is 15.2 Å². The van der Waals surface area contributed by atoms with Gasteiger partial charge in [-0.3, -0.25) is 4.98 Å². The molecule has 2 aliphatic heterocycles. The van der Waals surface area contributed by atoms with Crippen molar-refractivity contribution in [3.63, 3.8) is 0 Å². The van der Waals surface area contributed by atoms with E-state index in [0.29, 0.717) is 13.2 Å². The van der Waals surface area contributed by atoms with Gasteiger partial charge in [-0.25, -0.2) is 4.99 Å². The van der Waals surface area contributed by atoms with E-state index in [1.54, 1.807) is 0 Å². The standard InChI is InChI=1S/C21H28N4O2.HI/c1-2-22-21(25-11-13-27-20(15-25)19-8-5-12-26-19)24-14-16-9-10-23-18-7-4-3-6-17(16)18;/h3-4,6-7,9-10,19-20H,2,5,8,11-15H2,1H3,(H,22,24);1H. The van der Waals surface area contributed by atoms with Crippen molar-refractivity contribution < 1.29 is 9.47 Å². The topological polar surface area (TPSA) is 59.0 Å². The number of nitrogens with zero attached hydrogens (tertiary/aromatic N) is 3. The third kappa shape index (κ3) is 4.93. The molecule has 3 heterocycles. The van der Waals surface area contributed by atoms with Crippen LogP contribution in [0.5, 0.6) is 0 Å². The molecule has 0 saturated carbocycles. The second-order valence-electron chi connectivity index (χ2n) is 7.06. The third-order valence-electron chi connectivity index (χ3n) is 5.25. The minimum absolute atomic E-state index is 0. The molecular formula is C21H29IN4O2. The molecule has 0 aliphatic carbocycles. The van der Waals surface area contributed by atoms with Crippen molar-refractivity contribution in [2.45, 2.75) is 38.5 Å². The van der Waals surface area contributed by atoms with Crippen LogP contribution in [0.4, 0.5) is 0 Å². The van der Waals surface area contributed by atoms with Gasteiger partial charge in [0.1, 0.15) is 6.10 Å². The minimum atomic E-state index is 0. The van der Waals surface area contributed by atoms with Gasteiger partial charge in [0.2, 0.25) is 0 Å². The van der Waals surface area contributed by atoms with Gasteiger partial charge in [0.05, 0.1) is 24.8 Å². The van der Waals surface area contributed by atoms with Crippen molar-refractivity contribution in [1.29, 1.82) is 0 Å². The van der Waals surface area contributed by atoms with Crippen LogP contribution >= 0.6 is 24.0 Å². The van der Waals surface area contributed by atoms with Gasteiger partial charge < -0.3 is 19.7 Å². The van der Waals surface area contributed by atoms with Gasteiger partial charge in [0.15, 0.2) is 5.96 Å². The lowest BCUT2D eigenvalue weighted by Gasteiger charge is -2.37. The van der Waals surface area contributed by atoms with Gasteiger partial charge in [0, 0.05) is 37.8 Å². The number of guanidine groups is 1. The summed E-state index contributed by atoms with van der Waals surface area (Å²) in [7, 11) is 0. The SMILES string of the molecule is CCNC(=NCc1ccnc2ccccc12)N1CCOC(C2CCCO2)C1.I. The molecule has 0 amide bonds. The summed E-state index contributed by atoms with van der Waals surface area (Å²) in [4.78, 5) is 11.7. The highest BCUT2D eigenvalue weighted by Crippen LogP contribution is 2.21. The zero-order valence-electron chi connectivity index (χ0n) is 16.3. The Bertz CT molecular complexity index is 790. The first kappa shape index (κ1) is 21.3. The number of rotatable bonds is 4. The summed E-state index contributed by atoms with van der Waals surface area (Å²) >= 11 is 0. The molecule has 2 aliphatic rings. The maximum atomic E-state index is 5.98. The summed E-state index contributed by atoms with van der Waals surface area (Å²) in [5.41, 5.74) is 2.21. The van der Waals surface area contributed by atoms with Gasteiger partial charge in [-0.1, -0.05) is 18.2 Å². The lowest BCUT2D eigenvalue weighted by atomic mass is 10.1. The van der Waals surface area contributed by atoms with E-state index in [1.165, 1.54) is 10.9 Å². The molecular weight excluding hydrogens is 467 g/mol. The van der Waals surface area contributed by atoms with E-state index in [2.05, 4.69) is 40.3 Å². The van der Waals surface area contributed by atoms with E-state index in [0.717, 1.165) is 50.6 Å². The van der Waals surface area contributed by atoms with Gasteiger partial charge in [-0.2, -0.15) is 0 Å². The average molecular weight is 496 g/mol. The van der Waals surface area contributed by atoms with Crippen molar-refractivity contribution in [3.8, 4) is 0 Å². The van der Waals surface area contributed by atoms with Crippen molar-refractivity contribution in [2.24, 2.45) is 4.99 Å². The molecule has 0 bridgehead atoms. The van der Waals surface area contributed by atoms with Gasteiger partial charge in [-0.05, 0) is 37.5 Å². The van der Waals surface area contributed by atoms with Crippen molar-refractivity contribution >= 4 is 40.8 Å². The number of fused-ring (bicyclic) bond motifs is 1. The number of pyridine rings is 1. The maximum Gasteiger partial charge on any atom is 0.194 e. The largest absolute Gasteiger partial charge is 0.375 e. The first-order valence-electron chi connectivity index (χ1n) is 9.94. The van der Waals surface area contributed by atoms with Crippen molar-refractivity contribution in [3.05, 3.63) is 42.1 Å². The highest BCUT2D eigenvalue weighted by molar-refractivity contribution is 14.0. The Kier molecular flexibility index (Phi) is 7.87. The van der Waals surface area contributed by atoms with Crippen LogP contribution in [0.15, 0.2) is 41.5 Å². The summed E-state index contributed by atoms with van der Waals surface area (Å²) in [5.74, 6) is 0.949. The molecule has 152 valence electrons. The van der Waals surface area contributed by atoms with Crippen LogP contribution in [0, 0.1) is 0 Å². The Morgan fingerprint density at radius 1 is 1.21 bits per heavy atom. The Hall–Kier alpha value is -1.45. The van der Waals surface area contributed by atoms with E-state index in [9.17, 15) is 0 Å². The highest BCUT2D eigenvalue weighted by atomic mass is 127. The molecule has 6 nitrogen and oxygen atoms in total. The smallest absolute Gasteiger partial charge is 0.194 e. The predicted molar refractivity (Wildman–Crippen MR) is 122 cm³/mol. The normalized spacial score (nSPS) is 22.9. The second-order valence-corrected chi connectivity index (χ2v) is 7.06. The predicted octanol–water partition coefficient (Wildman–Crippen LogP) is 3.20. The molecule has 2 unspecified atom stereocenters. The molecule has 2 fully saturated rings.